The van der Waals surface area contributed by atoms with Crippen LogP contribution in [0.25, 0.3) is 6.08 Å². The number of nitrogens with zero attached hydrogens (tertiary/aromatic N) is 1. The minimum absolute atomic E-state index is 0.0775. The molecule has 3 amide bonds. The lowest BCUT2D eigenvalue weighted by Gasteiger charge is -2.14. The van der Waals surface area contributed by atoms with E-state index in [1.54, 1.807) is 60.7 Å². The molecule has 0 spiro atoms. The van der Waals surface area contributed by atoms with Crippen LogP contribution in [0.5, 0.6) is 11.5 Å². The van der Waals surface area contributed by atoms with Crippen molar-refractivity contribution >= 4 is 29.7 Å². The van der Waals surface area contributed by atoms with Crippen molar-refractivity contribution in [2.75, 3.05) is 12.0 Å². The number of methoxy groups -OCH3 is 1. The zero-order valence-corrected chi connectivity index (χ0v) is 17.6. The molecule has 0 saturated carbocycles. The number of urea groups is 1. The second-order valence-corrected chi connectivity index (χ2v) is 7.14. The van der Waals surface area contributed by atoms with Gasteiger partial charge in [-0.3, -0.25) is 4.79 Å². The van der Waals surface area contributed by atoms with Crippen molar-refractivity contribution in [1.29, 1.82) is 0 Å². The minimum atomic E-state index is -1.03. The molecule has 0 atom stereocenters. The van der Waals surface area contributed by atoms with E-state index >= 15 is 0 Å². The number of ether oxygens (including phenoxy) is 2. The molecular formula is C25H20N2O6. The molecule has 3 aromatic rings. The molecule has 0 aromatic heterocycles. The SMILES string of the molecule is COc1cccc(/C=C2/NC(=O)N(c3ccccc3)C2=O)c1OCc1cccc(C(=O)O)c1. The van der Waals surface area contributed by atoms with E-state index in [-0.39, 0.29) is 17.9 Å². The van der Waals surface area contributed by atoms with E-state index in [2.05, 4.69) is 5.32 Å². The molecule has 0 bridgehead atoms. The number of carbonyl (C=O) groups is 3. The molecule has 1 heterocycles. The topological polar surface area (TPSA) is 105 Å². The Hall–Kier alpha value is -4.59. The summed E-state index contributed by atoms with van der Waals surface area (Å²) in [6, 6.07) is 19.6. The van der Waals surface area contributed by atoms with Gasteiger partial charge in [0.15, 0.2) is 11.5 Å². The Morgan fingerprint density at radius 2 is 1.79 bits per heavy atom. The number of benzene rings is 3. The third kappa shape index (κ3) is 4.54. The van der Waals surface area contributed by atoms with Crippen LogP contribution < -0.4 is 19.7 Å². The molecule has 4 rings (SSSR count). The number of carboxylic acids is 1. The van der Waals surface area contributed by atoms with Gasteiger partial charge in [-0.15, -0.1) is 0 Å². The molecular weight excluding hydrogens is 424 g/mol. The first-order valence-corrected chi connectivity index (χ1v) is 10.0. The molecule has 0 radical (unpaired) electrons. The van der Waals surface area contributed by atoms with Gasteiger partial charge in [0.1, 0.15) is 12.3 Å². The van der Waals surface area contributed by atoms with E-state index in [9.17, 15) is 19.5 Å². The molecule has 3 aromatic carbocycles. The predicted octanol–water partition coefficient (Wildman–Crippen LogP) is 4.07. The van der Waals surface area contributed by atoms with Gasteiger partial charge >= 0.3 is 12.0 Å². The number of para-hydroxylation sites is 2. The van der Waals surface area contributed by atoms with Crippen LogP contribution in [0.4, 0.5) is 10.5 Å². The molecule has 33 heavy (non-hydrogen) atoms. The Bertz CT molecular complexity index is 1250. The van der Waals surface area contributed by atoms with Gasteiger partial charge in [0, 0.05) is 5.56 Å². The Balaban J connectivity index is 1.63. The molecule has 1 aliphatic rings. The van der Waals surface area contributed by atoms with Crippen LogP contribution in [-0.2, 0) is 11.4 Å². The zero-order valence-electron chi connectivity index (χ0n) is 17.6. The van der Waals surface area contributed by atoms with E-state index in [1.807, 2.05) is 0 Å². The molecule has 166 valence electrons. The number of nitrogens with one attached hydrogen (secondary N) is 1. The highest BCUT2D eigenvalue weighted by molar-refractivity contribution is 6.28. The lowest BCUT2D eigenvalue weighted by atomic mass is 10.1. The Morgan fingerprint density at radius 1 is 1.03 bits per heavy atom. The van der Waals surface area contributed by atoms with Crippen molar-refractivity contribution in [2.45, 2.75) is 6.61 Å². The van der Waals surface area contributed by atoms with Crippen molar-refractivity contribution < 1.29 is 29.0 Å². The lowest BCUT2D eigenvalue weighted by molar-refractivity contribution is -0.113. The number of aromatic carboxylic acids is 1. The molecule has 0 aliphatic carbocycles. The van der Waals surface area contributed by atoms with Gasteiger partial charge in [0.05, 0.1) is 18.4 Å². The number of hydrogen-bond acceptors (Lipinski definition) is 5. The van der Waals surface area contributed by atoms with Crippen LogP contribution >= 0.6 is 0 Å². The van der Waals surface area contributed by atoms with Crippen LogP contribution in [0.2, 0.25) is 0 Å². The van der Waals surface area contributed by atoms with Gasteiger partial charge < -0.3 is 19.9 Å². The minimum Gasteiger partial charge on any atom is -0.493 e. The van der Waals surface area contributed by atoms with Crippen LogP contribution in [0, 0.1) is 0 Å². The normalized spacial score (nSPS) is 14.3. The number of rotatable bonds is 7. The van der Waals surface area contributed by atoms with Gasteiger partial charge in [0.2, 0.25) is 0 Å². The van der Waals surface area contributed by atoms with E-state index in [1.165, 1.54) is 25.3 Å². The average Bonchev–Trinajstić information content (AvgIpc) is 3.11. The Labute approximate surface area is 189 Å². The van der Waals surface area contributed by atoms with Crippen molar-refractivity contribution in [2.24, 2.45) is 0 Å². The maximum absolute atomic E-state index is 12.9. The summed E-state index contributed by atoms with van der Waals surface area (Å²) in [7, 11) is 1.49. The standard InChI is InChI=1S/C25H20N2O6/c1-32-21-12-6-8-17(22(21)33-15-16-7-5-9-18(13-16)24(29)30)14-20-23(28)27(25(31)26-20)19-10-3-2-4-11-19/h2-14H,15H2,1H3,(H,26,31)(H,29,30)/b20-14+. The second kappa shape index (κ2) is 9.27. The quantitative estimate of drug-likeness (QED) is 0.420. The maximum atomic E-state index is 12.9. The van der Waals surface area contributed by atoms with E-state index in [0.717, 1.165) is 4.90 Å². The van der Waals surface area contributed by atoms with Crippen LogP contribution in [0.15, 0.2) is 78.5 Å². The van der Waals surface area contributed by atoms with Gasteiger partial charge in [-0.05, 0) is 42.0 Å². The molecule has 1 aliphatic heterocycles. The van der Waals surface area contributed by atoms with Gasteiger partial charge in [0.25, 0.3) is 5.91 Å². The van der Waals surface area contributed by atoms with E-state index in [0.29, 0.717) is 28.3 Å². The second-order valence-electron chi connectivity index (χ2n) is 7.14. The first-order valence-electron chi connectivity index (χ1n) is 10.0. The van der Waals surface area contributed by atoms with Crippen LogP contribution in [0.3, 0.4) is 0 Å². The van der Waals surface area contributed by atoms with Gasteiger partial charge in [-0.1, -0.05) is 42.5 Å². The summed E-state index contributed by atoms with van der Waals surface area (Å²) in [4.78, 5) is 37.6. The number of hydrogen-bond donors (Lipinski definition) is 2. The molecule has 8 heteroatoms. The lowest BCUT2D eigenvalue weighted by Crippen LogP contribution is -2.30. The first-order chi connectivity index (χ1) is 16.0. The fourth-order valence-electron chi connectivity index (χ4n) is 3.41. The summed E-state index contributed by atoms with van der Waals surface area (Å²) < 4.78 is 11.4. The van der Waals surface area contributed by atoms with Crippen molar-refractivity contribution in [3.63, 3.8) is 0 Å². The molecule has 8 nitrogen and oxygen atoms in total. The summed E-state index contributed by atoms with van der Waals surface area (Å²) in [5, 5.41) is 11.8. The molecule has 1 saturated heterocycles. The fourth-order valence-corrected chi connectivity index (χ4v) is 3.41. The highest BCUT2D eigenvalue weighted by Gasteiger charge is 2.35. The molecule has 1 fully saturated rings. The third-order valence-corrected chi connectivity index (χ3v) is 4.98. The van der Waals surface area contributed by atoms with Gasteiger partial charge in [-0.2, -0.15) is 0 Å². The Morgan fingerprint density at radius 3 is 2.52 bits per heavy atom. The summed E-state index contributed by atoms with van der Waals surface area (Å²) in [6.07, 6.45) is 1.52. The van der Waals surface area contributed by atoms with E-state index in [4.69, 9.17) is 9.47 Å². The number of carbonyl (C=O) groups excluding carboxylic acids is 2. The molecule has 0 unspecified atom stereocenters. The molecule has 2 N–H and O–H groups in total. The predicted molar refractivity (Wildman–Crippen MR) is 121 cm³/mol. The first kappa shape index (κ1) is 21.6. The summed E-state index contributed by atoms with van der Waals surface area (Å²) in [6.45, 7) is 0.0775. The van der Waals surface area contributed by atoms with Crippen molar-refractivity contribution in [3.8, 4) is 11.5 Å². The fraction of sp³-hybridized carbons (Fsp3) is 0.0800. The maximum Gasteiger partial charge on any atom is 0.335 e. The zero-order chi connectivity index (χ0) is 23.4. The number of amides is 3. The third-order valence-electron chi connectivity index (χ3n) is 4.98. The highest BCUT2D eigenvalue weighted by Crippen LogP contribution is 2.34. The van der Waals surface area contributed by atoms with Crippen molar-refractivity contribution in [3.05, 3.63) is 95.2 Å². The van der Waals surface area contributed by atoms with E-state index < -0.39 is 17.9 Å². The van der Waals surface area contributed by atoms with Crippen LogP contribution in [0.1, 0.15) is 21.5 Å². The summed E-state index contributed by atoms with van der Waals surface area (Å²) in [5.74, 6) is -0.740. The summed E-state index contributed by atoms with van der Waals surface area (Å²) >= 11 is 0. The van der Waals surface area contributed by atoms with Crippen molar-refractivity contribution in [1.82, 2.24) is 5.32 Å². The Kier molecular flexibility index (Phi) is 6.08. The largest absolute Gasteiger partial charge is 0.493 e. The number of carboxylic acid groups (broad SMARTS) is 1. The number of imide groups is 1. The smallest absolute Gasteiger partial charge is 0.335 e. The highest BCUT2D eigenvalue weighted by atomic mass is 16.5. The van der Waals surface area contributed by atoms with Gasteiger partial charge in [-0.25, -0.2) is 14.5 Å². The van der Waals surface area contributed by atoms with Crippen LogP contribution in [-0.4, -0.2) is 30.1 Å². The summed E-state index contributed by atoms with van der Waals surface area (Å²) in [5.41, 5.74) is 1.87. The monoisotopic (exact) mass is 444 g/mol. The average molecular weight is 444 g/mol. The number of anilines is 1.